The summed E-state index contributed by atoms with van der Waals surface area (Å²) in [7, 11) is 0. The van der Waals surface area contributed by atoms with Crippen LogP contribution in [0.3, 0.4) is 0 Å². The standard InChI is InChI=1S/C18H25N3O4/c1-18(2,3)25-16(22)20-19-15-9-11-21(12-10-15)17(23)24-13-14-7-5-4-6-8-14/h4-8H,9-13H2,1-3H3,(H,20,22). The van der Waals surface area contributed by atoms with Crippen LogP contribution in [0.25, 0.3) is 0 Å². The van der Waals surface area contributed by atoms with Gasteiger partial charge in [-0.1, -0.05) is 30.3 Å². The van der Waals surface area contributed by atoms with Gasteiger partial charge in [-0.3, -0.25) is 0 Å². The second-order valence-electron chi connectivity index (χ2n) is 6.82. The lowest BCUT2D eigenvalue weighted by molar-refractivity contribution is 0.0528. The van der Waals surface area contributed by atoms with Crippen LogP contribution in [0.4, 0.5) is 9.59 Å². The van der Waals surface area contributed by atoms with E-state index < -0.39 is 11.7 Å². The maximum Gasteiger partial charge on any atom is 0.428 e. The van der Waals surface area contributed by atoms with Crippen molar-refractivity contribution < 1.29 is 19.1 Å². The fourth-order valence-corrected chi connectivity index (χ4v) is 2.30. The fourth-order valence-electron chi connectivity index (χ4n) is 2.30. The van der Waals surface area contributed by atoms with Crippen LogP contribution in [-0.4, -0.2) is 41.5 Å². The molecule has 0 saturated carbocycles. The first-order valence-electron chi connectivity index (χ1n) is 8.33. The monoisotopic (exact) mass is 347 g/mol. The number of amides is 2. The Morgan fingerprint density at radius 2 is 1.80 bits per heavy atom. The number of piperidine rings is 1. The third kappa shape index (κ3) is 6.82. The summed E-state index contributed by atoms with van der Waals surface area (Å²) in [5, 5.41) is 4.07. The molecule has 1 aliphatic heterocycles. The molecular formula is C18H25N3O4. The van der Waals surface area contributed by atoms with E-state index in [2.05, 4.69) is 10.5 Å². The quantitative estimate of drug-likeness (QED) is 0.851. The minimum absolute atomic E-state index is 0.261. The molecule has 0 atom stereocenters. The lowest BCUT2D eigenvalue weighted by atomic mass is 10.1. The Balaban J connectivity index is 1.72. The highest BCUT2D eigenvalue weighted by molar-refractivity contribution is 5.87. The molecule has 25 heavy (non-hydrogen) atoms. The smallest absolute Gasteiger partial charge is 0.428 e. The number of carbonyl (C=O) groups is 2. The summed E-state index contributed by atoms with van der Waals surface area (Å²) in [4.78, 5) is 25.3. The highest BCUT2D eigenvalue weighted by Gasteiger charge is 2.22. The molecule has 0 unspecified atom stereocenters. The van der Waals surface area contributed by atoms with Crippen molar-refractivity contribution in [2.45, 2.75) is 45.8 Å². The zero-order chi connectivity index (χ0) is 18.3. The Bertz CT molecular complexity index is 613. The maximum atomic E-state index is 12.1. The molecule has 1 aromatic rings. The Hall–Kier alpha value is -2.57. The van der Waals surface area contributed by atoms with E-state index >= 15 is 0 Å². The van der Waals surface area contributed by atoms with Crippen molar-refractivity contribution >= 4 is 17.9 Å². The van der Waals surface area contributed by atoms with E-state index in [0.717, 1.165) is 11.3 Å². The molecule has 1 N–H and O–H groups in total. The number of ether oxygens (including phenoxy) is 2. The molecule has 1 aliphatic rings. The normalized spacial score (nSPS) is 14.7. The van der Waals surface area contributed by atoms with Crippen LogP contribution in [0.1, 0.15) is 39.2 Å². The molecule has 0 radical (unpaired) electrons. The minimum atomic E-state index is -0.579. The van der Waals surface area contributed by atoms with Crippen LogP contribution in [-0.2, 0) is 16.1 Å². The van der Waals surface area contributed by atoms with Crippen molar-refractivity contribution in [1.29, 1.82) is 0 Å². The molecule has 1 fully saturated rings. The van der Waals surface area contributed by atoms with Gasteiger partial charge in [-0.05, 0) is 26.3 Å². The highest BCUT2D eigenvalue weighted by Crippen LogP contribution is 2.11. The first-order valence-corrected chi connectivity index (χ1v) is 8.33. The van der Waals surface area contributed by atoms with E-state index in [1.54, 1.807) is 25.7 Å². The minimum Gasteiger partial charge on any atom is -0.445 e. The van der Waals surface area contributed by atoms with Gasteiger partial charge in [0.2, 0.25) is 0 Å². The van der Waals surface area contributed by atoms with Gasteiger partial charge in [0.25, 0.3) is 0 Å². The number of rotatable bonds is 3. The summed E-state index contributed by atoms with van der Waals surface area (Å²) >= 11 is 0. The topological polar surface area (TPSA) is 80.2 Å². The van der Waals surface area contributed by atoms with Gasteiger partial charge >= 0.3 is 12.2 Å². The molecule has 1 aromatic carbocycles. The summed E-state index contributed by atoms with van der Waals surface area (Å²) in [6.45, 7) is 6.67. The van der Waals surface area contributed by atoms with Crippen molar-refractivity contribution in [2.75, 3.05) is 13.1 Å². The first kappa shape index (κ1) is 18.8. The SMILES string of the molecule is CC(C)(C)OC(=O)NN=C1CCN(C(=O)OCc2ccccc2)CC1. The van der Waals surface area contributed by atoms with E-state index in [9.17, 15) is 9.59 Å². The van der Waals surface area contributed by atoms with Crippen LogP contribution in [0.2, 0.25) is 0 Å². The molecule has 0 aromatic heterocycles. The summed E-state index contributed by atoms with van der Waals surface area (Å²) in [6.07, 6.45) is 0.277. The van der Waals surface area contributed by atoms with Crippen molar-refractivity contribution in [3.05, 3.63) is 35.9 Å². The molecule has 7 heteroatoms. The van der Waals surface area contributed by atoms with Gasteiger partial charge in [0.15, 0.2) is 0 Å². The molecule has 0 aliphatic carbocycles. The van der Waals surface area contributed by atoms with Crippen molar-refractivity contribution in [3.63, 3.8) is 0 Å². The van der Waals surface area contributed by atoms with E-state index in [4.69, 9.17) is 9.47 Å². The Labute approximate surface area is 148 Å². The lowest BCUT2D eigenvalue weighted by Crippen LogP contribution is -2.39. The van der Waals surface area contributed by atoms with E-state index in [1.807, 2.05) is 30.3 Å². The van der Waals surface area contributed by atoms with Crippen LogP contribution in [0, 0.1) is 0 Å². The van der Waals surface area contributed by atoms with Gasteiger partial charge in [0.05, 0.1) is 0 Å². The highest BCUT2D eigenvalue weighted by atomic mass is 16.6. The van der Waals surface area contributed by atoms with Crippen LogP contribution < -0.4 is 5.43 Å². The number of hydrogen-bond acceptors (Lipinski definition) is 5. The van der Waals surface area contributed by atoms with Crippen molar-refractivity contribution in [3.8, 4) is 0 Å². The largest absolute Gasteiger partial charge is 0.445 e. The summed E-state index contributed by atoms with van der Waals surface area (Å²) in [5.41, 5.74) is 3.62. The predicted molar refractivity (Wildman–Crippen MR) is 94.2 cm³/mol. The number of likely N-dealkylation sites (tertiary alicyclic amines) is 1. The second-order valence-corrected chi connectivity index (χ2v) is 6.82. The van der Waals surface area contributed by atoms with Gasteiger partial charge in [-0.25, -0.2) is 15.0 Å². The molecule has 0 bridgehead atoms. The van der Waals surface area contributed by atoms with E-state index in [0.29, 0.717) is 25.9 Å². The molecule has 2 rings (SSSR count). The summed E-state index contributed by atoms with van der Waals surface area (Å²) < 4.78 is 10.4. The van der Waals surface area contributed by atoms with Gasteiger partial charge in [-0.15, -0.1) is 0 Å². The zero-order valence-corrected chi connectivity index (χ0v) is 14.9. The van der Waals surface area contributed by atoms with Gasteiger partial charge < -0.3 is 14.4 Å². The summed E-state index contributed by atoms with van der Waals surface area (Å²) in [6, 6.07) is 9.56. The van der Waals surface area contributed by atoms with Crippen LogP contribution in [0.5, 0.6) is 0 Å². The molecule has 1 heterocycles. The third-order valence-corrected chi connectivity index (χ3v) is 3.51. The van der Waals surface area contributed by atoms with Crippen LogP contribution in [0.15, 0.2) is 35.4 Å². The van der Waals surface area contributed by atoms with Crippen molar-refractivity contribution in [1.82, 2.24) is 10.3 Å². The van der Waals surface area contributed by atoms with Gasteiger partial charge in [0.1, 0.15) is 12.2 Å². The third-order valence-electron chi connectivity index (χ3n) is 3.51. The second kappa shape index (κ2) is 8.50. The van der Waals surface area contributed by atoms with Crippen LogP contribution >= 0.6 is 0 Å². The molecule has 1 saturated heterocycles. The average Bonchev–Trinajstić information content (AvgIpc) is 2.58. The number of benzene rings is 1. The first-order chi connectivity index (χ1) is 11.8. The number of hydrazone groups is 1. The maximum absolute atomic E-state index is 12.1. The number of hydrogen-bond donors (Lipinski definition) is 1. The van der Waals surface area contributed by atoms with Gasteiger partial charge in [0, 0.05) is 31.6 Å². The Morgan fingerprint density at radius 1 is 1.16 bits per heavy atom. The van der Waals surface area contributed by atoms with E-state index in [-0.39, 0.29) is 12.7 Å². The Kier molecular flexibility index (Phi) is 6.38. The fraction of sp³-hybridized carbons (Fsp3) is 0.500. The van der Waals surface area contributed by atoms with Gasteiger partial charge in [-0.2, -0.15) is 5.10 Å². The predicted octanol–water partition coefficient (Wildman–Crippen LogP) is 3.30. The average molecular weight is 347 g/mol. The molecule has 2 amide bonds. The van der Waals surface area contributed by atoms with Crippen molar-refractivity contribution in [2.24, 2.45) is 5.10 Å². The number of nitrogens with one attached hydrogen (secondary N) is 1. The van der Waals surface area contributed by atoms with E-state index in [1.165, 1.54) is 0 Å². The lowest BCUT2D eigenvalue weighted by Gasteiger charge is -2.27. The molecule has 0 spiro atoms. The molecule has 7 nitrogen and oxygen atoms in total. The summed E-state index contributed by atoms with van der Waals surface area (Å²) in [5.74, 6) is 0. The molecule has 136 valence electrons. The zero-order valence-electron chi connectivity index (χ0n) is 14.9. The number of nitrogens with zero attached hydrogens (tertiary/aromatic N) is 2. The number of carbonyl (C=O) groups excluding carboxylic acids is 2. The Morgan fingerprint density at radius 3 is 2.40 bits per heavy atom. The molecular weight excluding hydrogens is 322 g/mol.